The molecule has 1 saturated carbocycles. The summed E-state index contributed by atoms with van der Waals surface area (Å²) in [7, 11) is 1.69. The second kappa shape index (κ2) is 4.96. The smallest absolute Gasteiger partial charge is 0.125 e. The van der Waals surface area contributed by atoms with Gasteiger partial charge in [0.15, 0.2) is 0 Å². The minimum Gasteiger partial charge on any atom is -0.496 e. The van der Waals surface area contributed by atoms with Gasteiger partial charge in [-0.25, -0.2) is 0 Å². The van der Waals surface area contributed by atoms with Crippen molar-refractivity contribution in [2.24, 2.45) is 0 Å². The molecule has 1 aliphatic rings. The first-order valence-corrected chi connectivity index (χ1v) is 6.30. The summed E-state index contributed by atoms with van der Waals surface area (Å²) in [5.74, 6) is 0.874. The molecule has 3 nitrogen and oxygen atoms in total. The Morgan fingerprint density at radius 3 is 2.71 bits per heavy atom. The van der Waals surface area contributed by atoms with Crippen molar-refractivity contribution >= 4 is 5.69 Å². The number of hydrogen-bond donors (Lipinski definition) is 2. The van der Waals surface area contributed by atoms with Crippen LogP contribution in [0.1, 0.15) is 38.2 Å². The molecule has 0 amide bonds. The summed E-state index contributed by atoms with van der Waals surface area (Å²) in [4.78, 5) is 0. The van der Waals surface area contributed by atoms with Gasteiger partial charge in [-0.05, 0) is 25.8 Å². The van der Waals surface area contributed by atoms with Gasteiger partial charge in [-0.2, -0.15) is 0 Å². The lowest BCUT2D eigenvalue weighted by Crippen LogP contribution is -2.38. The van der Waals surface area contributed by atoms with Crippen molar-refractivity contribution in [3.63, 3.8) is 0 Å². The molecule has 0 atom stereocenters. The van der Waals surface area contributed by atoms with Gasteiger partial charge in [0.2, 0.25) is 0 Å². The number of methoxy groups -OCH3 is 1. The lowest BCUT2D eigenvalue weighted by atomic mass is 10.00. The standard InChI is InChI=1S/C14H22N2O/c1-14(7-3-4-8-14)16-10-11-5-6-12(15)9-13(11)17-2/h5-6,9,16H,3-4,7-8,10,15H2,1-2H3. The van der Waals surface area contributed by atoms with Crippen LogP contribution in [0.3, 0.4) is 0 Å². The fourth-order valence-corrected chi connectivity index (χ4v) is 2.55. The van der Waals surface area contributed by atoms with Crippen LogP contribution in [0.5, 0.6) is 5.75 Å². The number of benzene rings is 1. The zero-order valence-electron chi connectivity index (χ0n) is 10.8. The normalized spacial score (nSPS) is 18.2. The van der Waals surface area contributed by atoms with E-state index in [1.54, 1.807) is 7.11 Å². The van der Waals surface area contributed by atoms with Gasteiger partial charge in [-0.1, -0.05) is 18.9 Å². The van der Waals surface area contributed by atoms with Crippen LogP contribution in [-0.4, -0.2) is 12.6 Å². The molecule has 94 valence electrons. The zero-order chi connectivity index (χ0) is 12.3. The monoisotopic (exact) mass is 234 g/mol. The van der Waals surface area contributed by atoms with E-state index in [1.165, 1.54) is 31.2 Å². The Balaban J connectivity index is 2.03. The minimum absolute atomic E-state index is 0.298. The molecule has 0 heterocycles. The van der Waals surface area contributed by atoms with Crippen LogP contribution in [0.4, 0.5) is 5.69 Å². The molecule has 17 heavy (non-hydrogen) atoms. The van der Waals surface area contributed by atoms with Crippen LogP contribution < -0.4 is 15.8 Å². The molecule has 0 aliphatic heterocycles. The summed E-state index contributed by atoms with van der Waals surface area (Å²) >= 11 is 0. The molecule has 0 aromatic heterocycles. The highest BCUT2D eigenvalue weighted by atomic mass is 16.5. The average molecular weight is 234 g/mol. The molecular weight excluding hydrogens is 212 g/mol. The zero-order valence-corrected chi connectivity index (χ0v) is 10.8. The van der Waals surface area contributed by atoms with E-state index in [-0.39, 0.29) is 0 Å². The molecule has 1 aliphatic carbocycles. The van der Waals surface area contributed by atoms with Crippen LogP contribution in [0.25, 0.3) is 0 Å². The van der Waals surface area contributed by atoms with E-state index in [9.17, 15) is 0 Å². The Hall–Kier alpha value is -1.22. The van der Waals surface area contributed by atoms with Gasteiger partial charge in [0.05, 0.1) is 7.11 Å². The lowest BCUT2D eigenvalue weighted by molar-refractivity contribution is 0.354. The van der Waals surface area contributed by atoms with Crippen molar-refractivity contribution < 1.29 is 4.74 Å². The van der Waals surface area contributed by atoms with E-state index in [1.807, 2.05) is 18.2 Å². The highest BCUT2D eigenvalue weighted by Gasteiger charge is 2.27. The Bertz CT molecular complexity index is 384. The molecule has 0 bridgehead atoms. The van der Waals surface area contributed by atoms with Crippen LogP contribution in [-0.2, 0) is 6.54 Å². The Morgan fingerprint density at radius 2 is 2.06 bits per heavy atom. The van der Waals surface area contributed by atoms with Crippen molar-refractivity contribution in [3.05, 3.63) is 23.8 Å². The highest BCUT2D eigenvalue weighted by Crippen LogP contribution is 2.30. The van der Waals surface area contributed by atoms with Crippen molar-refractivity contribution in [3.8, 4) is 5.75 Å². The van der Waals surface area contributed by atoms with Gasteiger partial charge >= 0.3 is 0 Å². The van der Waals surface area contributed by atoms with Crippen molar-refractivity contribution in [2.75, 3.05) is 12.8 Å². The molecule has 3 heteroatoms. The van der Waals surface area contributed by atoms with Gasteiger partial charge in [0.25, 0.3) is 0 Å². The first kappa shape index (κ1) is 12.2. The number of nitrogen functional groups attached to an aromatic ring is 1. The molecular formula is C14H22N2O. The van der Waals surface area contributed by atoms with Crippen LogP contribution in [0.15, 0.2) is 18.2 Å². The number of ether oxygens (including phenoxy) is 1. The predicted octanol–water partition coefficient (Wildman–Crippen LogP) is 2.70. The number of hydrogen-bond acceptors (Lipinski definition) is 3. The fraction of sp³-hybridized carbons (Fsp3) is 0.571. The average Bonchev–Trinajstić information content (AvgIpc) is 2.75. The number of rotatable bonds is 4. The summed E-state index contributed by atoms with van der Waals surface area (Å²) in [6, 6.07) is 5.85. The third-order valence-electron chi connectivity index (χ3n) is 3.72. The van der Waals surface area contributed by atoms with Gasteiger partial charge in [-0.15, -0.1) is 0 Å². The molecule has 0 saturated heterocycles. The van der Waals surface area contributed by atoms with Crippen molar-refractivity contribution in [1.29, 1.82) is 0 Å². The molecule has 0 spiro atoms. The Kier molecular flexibility index (Phi) is 3.57. The largest absolute Gasteiger partial charge is 0.496 e. The van der Waals surface area contributed by atoms with Crippen molar-refractivity contribution in [2.45, 2.75) is 44.7 Å². The summed E-state index contributed by atoms with van der Waals surface area (Å²) in [5.41, 5.74) is 7.97. The number of anilines is 1. The van der Waals surface area contributed by atoms with E-state index >= 15 is 0 Å². The molecule has 1 aromatic carbocycles. The summed E-state index contributed by atoms with van der Waals surface area (Å²) in [6.45, 7) is 3.16. The summed E-state index contributed by atoms with van der Waals surface area (Å²) in [5, 5.41) is 3.65. The first-order chi connectivity index (χ1) is 8.13. The second-order valence-corrected chi connectivity index (χ2v) is 5.19. The topological polar surface area (TPSA) is 47.3 Å². The highest BCUT2D eigenvalue weighted by molar-refractivity contribution is 5.48. The number of nitrogens with one attached hydrogen (secondary N) is 1. The second-order valence-electron chi connectivity index (χ2n) is 5.19. The maximum absolute atomic E-state index is 5.75. The van der Waals surface area contributed by atoms with Gasteiger partial charge < -0.3 is 15.8 Å². The van der Waals surface area contributed by atoms with E-state index in [2.05, 4.69) is 12.2 Å². The Morgan fingerprint density at radius 1 is 1.35 bits per heavy atom. The summed E-state index contributed by atoms with van der Waals surface area (Å²) in [6.07, 6.45) is 5.21. The SMILES string of the molecule is COc1cc(N)ccc1CNC1(C)CCCC1. The van der Waals surface area contributed by atoms with Crippen LogP contribution in [0, 0.1) is 0 Å². The molecule has 0 radical (unpaired) electrons. The molecule has 0 unspecified atom stereocenters. The Labute approximate surface area is 103 Å². The van der Waals surface area contributed by atoms with E-state index in [0.717, 1.165) is 18.0 Å². The van der Waals surface area contributed by atoms with E-state index in [4.69, 9.17) is 10.5 Å². The fourth-order valence-electron chi connectivity index (χ4n) is 2.55. The predicted molar refractivity (Wildman–Crippen MR) is 71.1 cm³/mol. The molecule has 2 rings (SSSR count). The maximum atomic E-state index is 5.75. The van der Waals surface area contributed by atoms with Gasteiger partial charge in [0, 0.05) is 29.4 Å². The van der Waals surface area contributed by atoms with E-state index in [0.29, 0.717) is 5.54 Å². The maximum Gasteiger partial charge on any atom is 0.125 e. The molecule has 3 N–H and O–H groups in total. The van der Waals surface area contributed by atoms with Crippen molar-refractivity contribution in [1.82, 2.24) is 5.32 Å². The third kappa shape index (κ3) is 2.91. The van der Waals surface area contributed by atoms with E-state index < -0.39 is 0 Å². The number of nitrogens with two attached hydrogens (primary N) is 1. The molecule has 1 aromatic rings. The lowest BCUT2D eigenvalue weighted by Gasteiger charge is -2.26. The molecule has 1 fully saturated rings. The minimum atomic E-state index is 0.298. The van der Waals surface area contributed by atoms with Gasteiger partial charge in [0.1, 0.15) is 5.75 Å². The van der Waals surface area contributed by atoms with Gasteiger partial charge in [-0.3, -0.25) is 0 Å². The third-order valence-corrected chi connectivity index (χ3v) is 3.72. The van der Waals surface area contributed by atoms with Crippen LogP contribution in [0.2, 0.25) is 0 Å². The quantitative estimate of drug-likeness (QED) is 0.787. The summed E-state index contributed by atoms with van der Waals surface area (Å²) < 4.78 is 5.35. The van der Waals surface area contributed by atoms with Crippen LogP contribution >= 0.6 is 0 Å². The first-order valence-electron chi connectivity index (χ1n) is 6.30.